The van der Waals surface area contributed by atoms with Crippen LogP contribution in [0.15, 0.2) is 41.0 Å². The molecule has 1 aromatic heterocycles. The molecule has 1 amide bonds. The van der Waals surface area contributed by atoms with Gasteiger partial charge in [0.1, 0.15) is 11.5 Å². The van der Waals surface area contributed by atoms with Crippen LogP contribution in [0.3, 0.4) is 0 Å². The fourth-order valence-corrected chi connectivity index (χ4v) is 3.07. The Morgan fingerprint density at radius 3 is 2.88 bits per heavy atom. The summed E-state index contributed by atoms with van der Waals surface area (Å²) in [5, 5.41) is 2.91. The Morgan fingerprint density at radius 2 is 2.12 bits per heavy atom. The molecule has 24 heavy (non-hydrogen) atoms. The van der Waals surface area contributed by atoms with Crippen LogP contribution in [0, 0.1) is 0 Å². The van der Waals surface area contributed by atoms with E-state index in [2.05, 4.69) is 17.4 Å². The highest BCUT2D eigenvalue weighted by atomic mass is 16.5. The molecule has 0 saturated heterocycles. The molecule has 3 rings (SSSR count). The molecule has 2 aromatic rings. The number of carbonyl (C=O) groups excluding carboxylic acids is 1. The minimum absolute atomic E-state index is 0.00365. The maximum atomic E-state index is 12.1. The number of nitrogens with one attached hydrogen (secondary N) is 1. The summed E-state index contributed by atoms with van der Waals surface area (Å²) in [5.41, 5.74) is 2.75. The van der Waals surface area contributed by atoms with Gasteiger partial charge in [0, 0.05) is 6.54 Å². The molecule has 1 aliphatic carbocycles. The fourth-order valence-electron chi connectivity index (χ4n) is 3.07. The Balaban J connectivity index is 1.49. The lowest BCUT2D eigenvalue weighted by atomic mass is 10.1. The SMILES string of the molecule is CN(C)[C@H](CNC(=O)COc1ccc2c(c1)CCC2)c1ccco1. The number of hydrogen-bond acceptors (Lipinski definition) is 4. The zero-order valence-electron chi connectivity index (χ0n) is 14.2. The van der Waals surface area contributed by atoms with Gasteiger partial charge >= 0.3 is 0 Å². The molecule has 1 atom stereocenters. The summed E-state index contributed by atoms with van der Waals surface area (Å²) < 4.78 is 11.1. The number of aryl methyl sites for hydroxylation is 2. The lowest BCUT2D eigenvalue weighted by Crippen LogP contribution is -2.36. The van der Waals surface area contributed by atoms with Crippen molar-refractivity contribution in [2.45, 2.75) is 25.3 Å². The number of nitrogens with zero attached hydrogens (tertiary/aromatic N) is 1. The number of benzene rings is 1. The molecule has 0 unspecified atom stereocenters. The first-order valence-electron chi connectivity index (χ1n) is 8.34. The Morgan fingerprint density at radius 1 is 1.29 bits per heavy atom. The standard InChI is InChI=1S/C19H24N2O3/c1-21(2)17(18-7-4-10-23-18)12-20-19(22)13-24-16-9-8-14-5-3-6-15(14)11-16/h4,7-11,17H,3,5-6,12-13H2,1-2H3,(H,20,22)/t17-/m1/s1. The molecule has 0 fully saturated rings. The number of likely N-dealkylation sites (N-methyl/N-ethyl adjacent to an activating group) is 1. The summed E-state index contributed by atoms with van der Waals surface area (Å²) in [6, 6.07) is 9.88. The molecule has 5 heteroatoms. The van der Waals surface area contributed by atoms with Crippen LogP contribution >= 0.6 is 0 Å². The molecule has 0 bridgehead atoms. The van der Waals surface area contributed by atoms with Gasteiger partial charge in [-0.05, 0) is 68.8 Å². The van der Waals surface area contributed by atoms with Gasteiger partial charge in [0.05, 0.1) is 12.3 Å². The molecular formula is C19H24N2O3. The van der Waals surface area contributed by atoms with Crippen LogP contribution in [0.25, 0.3) is 0 Å². The smallest absolute Gasteiger partial charge is 0.258 e. The van der Waals surface area contributed by atoms with E-state index in [0.717, 1.165) is 24.4 Å². The molecule has 1 aliphatic rings. The molecule has 0 radical (unpaired) electrons. The molecule has 0 aliphatic heterocycles. The van der Waals surface area contributed by atoms with Crippen molar-refractivity contribution in [3.05, 3.63) is 53.5 Å². The lowest BCUT2D eigenvalue weighted by molar-refractivity contribution is -0.123. The van der Waals surface area contributed by atoms with Crippen molar-refractivity contribution < 1.29 is 13.9 Å². The van der Waals surface area contributed by atoms with Crippen LogP contribution < -0.4 is 10.1 Å². The van der Waals surface area contributed by atoms with Crippen LogP contribution in [0.4, 0.5) is 0 Å². The van der Waals surface area contributed by atoms with Gasteiger partial charge in [-0.15, -0.1) is 0 Å². The summed E-state index contributed by atoms with van der Waals surface area (Å²) in [5.74, 6) is 1.47. The van der Waals surface area contributed by atoms with Crippen molar-refractivity contribution in [1.29, 1.82) is 0 Å². The third kappa shape index (κ3) is 3.97. The average Bonchev–Trinajstić information content (AvgIpc) is 3.23. The molecule has 1 N–H and O–H groups in total. The summed E-state index contributed by atoms with van der Waals surface area (Å²) >= 11 is 0. The second-order valence-electron chi connectivity index (χ2n) is 6.37. The van der Waals surface area contributed by atoms with Crippen molar-refractivity contribution in [2.24, 2.45) is 0 Å². The van der Waals surface area contributed by atoms with E-state index >= 15 is 0 Å². The Bertz CT molecular complexity index is 680. The van der Waals surface area contributed by atoms with Gasteiger partial charge in [0.25, 0.3) is 5.91 Å². The monoisotopic (exact) mass is 328 g/mol. The maximum absolute atomic E-state index is 12.1. The van der Waals surface area contributed by atoms with Crippen LogP contribution in [-0.4, -0.2) is 38.1 Å². The average molecular weight is 328 g/mol. The highest BCUT2D eigenvalue weighted by Crippen LogP contribution is 2.26. The van der Waals surface area contributed by atoms with E-state index in [1.165, 1.54) is 17.5 Å². The number of furan rings is 1. The molecule has 0 spiro atoms. The quantitative estimate of drug-likeness (QED) is 0.849. The number of ether oxygens (including phenoxy) is 1. The molecule has 1 aromatic carbocycles. The Kier molecular flexibility index (Phi) is 5.20. The van der Waals surface area contributed by atoms with Gasteiger partial charge in [-0.3, -0.25) is 9.69 Å². The van der Waals surface area contributed by atoms with E-state index in [9.17, 15) is 4.79 Å². The van der Waals surface area contributed by atoms with Crippen molar-refractivity contribution in [2.75, 3.05) is 27.2 Å². The van der Waals surface area contributed by atoms with Crippen molar-refractivity contribution in [3.63, 3.8) is 0 Å². The predicted octanol–water partition coefficient (Wildman–Crippen LogP) is 2.57. The molecule has 1 heterocycles. The first kappa shape index (κ1) is 16.6. The Hall–Kier alpha value is -2.27. The largest absolute Gasteiger partial charge is 0.484 e. The van der Waals surface area contributed by atoms with Crippen molar-refractivity contribution >= 4 is 5.91 Å². The Labute approximate surface area is 142 Å². The topological polar surface area (TPSA) is 54.7 Å². The third-order valence-corrected chi connectivity index (χ3v) is 4.43. The maximum Gasteiger partial charge on any atom is 0.258 e. The molecule has 5 nitrogen and oxygen atoms in total. The highest BCUT2D eigenvalue weighted by molar-refractivity contribution is 5.77. The first-order valence-corrected chi connectivity index (χ1v) is 8.34. The minimum atomic E-state index is -0.131. The van der Waals surface area contributed by atoms with E-state index < -0.39 is 0 Å². The van der Waals surface area contributed by atoms with E-state index in [1.807, 2.05) is 37.2 Å². The van der Waals surface area contributed by atoms with E-state index in [4.69, 9.17) is 9.15 Å². The normalized spacial score (nSPS) is 14.5. The highest BCUT2D eigenvalue weighted by Gasteiger charge is 2.18. The van der Waals surface area contributed by atoms with Crippen LogP contribution in [-0.2, 0) is 17.6 Å². The predicted molar refractivity (Wildman–Crippen MR) is 92.1 cm³/mol. The zero-order valence-corrected chi connectivity index (χ0v) is 14.2. The van der Waals surface area contributed by atoms with Crippen LogP contribution in [0.5, 0.6) is 5.75 Å². The van der Waals surface area contributed by atoms with E-state index in [1.54, 1.807) is 6.26 Å². The minimum Gasteiger partial charge on any atom is -0.484 e. The van der Waals surface area contributed by atoms with Crippen molar-refractivity contribution in [3.8, 4) is 5.75 Å². The number of fused-ring (bicyclic) bond motifs is 1. The number of rotatable bonds is 7. The number of amides is 1. The number of carbonyl (C=O) groups is 1. The van der Waals surface area contributed by atoms with Gasteiger partial charge in [-0.2, -0.15) is 0 Å². The van der Waals surface area contributed by atoms with Gasteiger partial charge in [0.2, 0.25) is 0 Å². The fraction of sp³-hybridized carbons (Fsp3) is 0.421. The van der Waals surface area contributed by atoms with Gasteiger partial charge < -0.3 is 14.5 Å². The van der Waals surface area contributed by atoms with E-state index in [0.29, 0.717) is 6.54 Å². The molecule has 128 valence electrons. The third-order valence-electron chi connectivity index (χ3n) is 4.43. The lowest BCUT2D eigenvalue weighted by Gasteiger charge is -2.22. The first-order chi connectivity index (χ1) is 11.6. The summed E-state index contributed by atoms with van der Waals surface area (Å²) in [4.78, 5) is 14.1. The second-order valence-corrected chi connectivity index (χ2v) is 6.37. The van der Waals surface area contributed by atoms with Gasteiger partial charge in [-0.1, -0.05) is 6.07 Å². The summed E-state index contributed by atoms with van der Waals surface area (Å²) in [7, 11) is 3.92. The summed E-state index contributed by atoms with van der Waals surface area (Å²) in [6.07, 6.45) is 5.10. The molecular weight excluding hydrogens is 304 g/mol. The van der Waals surface area contributed by atoms with Crippen molar-refractivity contribution in [1.82, 2.24) is 10.2 Å². The molecule has 0 saturated carbocycles. The van der Waals surface area contributed by atoms with E-state index in [-0.39, 0.29) is 18.6 Å². The second kappa shape index (κ2) is 7.53. The van der Waals surface area contributed by atoms with Gasteiger partial charge in [0.15, 0.2) is 6.61 Å². The van der Waals surface area contributed by atoms with Crippen LogP contribution in [0.1, 0.15) is 29.3 Å². The number of hydrogen-bond donors (Lipinski definition) is 1. The van der Waals surface area contributed by atoms with Crippen LogP contribution in [0.2, 0.25) is 0 Å². The summed E-state index contributed by atoms with van der Waals surface area (Å²) in [6.45, 7) is 0.504. The van der Waals surface area contributed by atoms with Gasteiger partial charge in [-0.25, -0.2) is 0 Å². The zero-order chi connectivity index (χ0) is 16.9.